The van der Waals surface area contributed by atoms with Gasteiger partial charge in [0, 0.05) is 5.69 Å². The summed E-state index contributed by atoms with van der Waals surface area (Å²) in [5, 5.41) is 2.64. The van der Waals surface area contributed by atoms with Crippen LogP contribution < -0.4 is 11.1 Å². The van der Waals surface area contributed by atoms with Crippen molar-refractivity contribution in [3.63, 3.8) is 0 Å². The zero-order valence-electron chi connectivity index (χ0n) is 10.6. The van der Waals surface area contributed by atoms with Crippen LogP contribution in [-0.2, 0) is 20.7 Å². The van der Waals surface area contributed by atoms with Crippen LogP contribution in [0.3, 0.4) is 0 Å². The fraction of sp³-hybridized carbons (Fsp3) is 0.385. The fourth-order valence-corrected chi connectivity index (χ4v) is 1.54. The van der Waals surface area contributed by atoms with Gasteiger partial charge in [-0.25, -0.2) is 4.79 Å². The maximum atomic E-state index is 11.7. The van der Waals surface area contributed by atoms with Crippen molar-refractivity contribution in [2.24, 2.45) is 0 Å². The van der Waals surface area contributed by atoms with E-state index in [9.17, 15) is 9.59 Å². The molecule has 1 aromatic rings. The Balaban J connectivity index is 2.55. The molecule has 0 spiro atoms. The number of carbonyl (C=O) groups excluding carboxylic acids is 2. The Morgan fingerprint density at radius 2 is 1.94 bits per heavy atom. The Bertz CT molecular complexity index is 415. The van der Waals surface area contributed by atoms with E-state index in [4.69, 9.17) is 5.73 Å². The van der Waals surface area contributed by atoms with E-state index in [0.717, 1.165) is 5.56 Å². The van der Waals surface area contributed by atoms with Gasteiger partial charge in [0.1, 0.15) is 6.04 Å². The molecule has 0 aliphatic heterocycles. The van der Waals surface area contributed by atoms with E-state index < -0.39 is 12.0 Å². The Morgan fingerprint density at radius 3 is 2.44 bits per heavy atom. The molecule has 0 aliphatic carbocycles. The number of methoxy groups -OCH3 is 1. The number of nitrogens with two attached hydrogens (primary N) is 1. The molecule has 1 unspecified atom stereocenters. The molecule has 3 N–H and O–H groups in total. The first kappa shape index (κ1) is 14.0. The van der Waals surface area contributed by atoms with Crippen molar-refractivity contribution in [1.29, 1.82) is 0 Å². The molecule has 1 atom stereocenters. The summed E-state index contributed by atoms with van der Waals surface area (Å²) in [4.78, 5) is 23.1. The van der Waals surface area contributed by atoms with E-state index in [-0.39, 0.29) is 12.3 Å². The summed E-state index contributed by atoms with van der Waals surface area (Å²) >= 11 is 0. The first-order chi connectivity index (χ1) is 8.56. The average molecular weight is 250 g/mol. The van der Waals surface area contributed by atoms with Crippen molar-refractivity contribution in [3.05, 3.63) is 29.8 Å². The van der Waals surface area contributed by atoms with E-state index >= 15 is 0 Å². The van der Waals surface area contributed by atoms with E-state index in [1.807, 2.05) is 6.92 Å². The Hall–Kier alpha value is -2.04. The van der Waals surface area contributed by atoms with Gasteiger partial charge in [-0.2, -0.15) is 0 Å². The summed E-state index contributed by atoms with van der Waals surface area (Å²) in [6.07, 6.45) is 0.716. The summed E-state index contributed by atoms with van der Waals surface area (Å²) < 4.78 is 4.60. The van der Waals surface area contributed by atoms with Crippen LogP contribution in [-0.4, -0.2) is 25.0 Å². The summed E-state index contributed by atoms with van der Waals surface area (Å²) in [6.45, 7) is 1.81. The van der Waals surface area contributed by atoms with Gasteiger partial charge in [0.2, 0.25) is 5.91 Å². The number of esters is 1. The third kappa shape index (κ3) is 4.08. The Kier molecular flexibility index (Phi) is 5.17. The minimum Gasteiger partial charge on any atom is -0.467 e. The van der Waals surface area contributed by atoms with Gasteiger partial charge in [0.15, 0.2) is 0 Å². The van der Waals surface area contributed by atoms with Crippen molar-refractivity contribution in [3.8, 4) is 0 Å². The lowest BCUT2D eigenvalue weighted by molar-refractivity contribution is -0.145. The van der Waals surface area contributed by atoms with Gasteiger partial charge < -0.3 is 15.8 Å². The van der Waals surface area contributed by atoms with Crippen molar-refractivity contribution >= 4 is 17.6 Å². The second-order valence-corrected chi connectivity index (χ2v) is 3.97. The van der Waals surface area contributed by atoms with Gasteiger partial charge in [-0.1, -0.05) is 19.1 Å². The highest BCUT2D eigenvalue weighted by atomic mass is 16.5. The van der Waals surface area contributed by atoms with E-state index in [2.05, 4.69) is 10.1 Å². The van der Waals surface area contributed by atoms with Crippen LogP contribution in [0.15, 0.2) is 24.3 Å². The summed E-state index contributed by atoms with van der Waals surface area (Å²) in [5.74, 6) is -0.639. The lowest BCUT2D eigenvalue weighted by Gasteiger charge is -2.14. The van der Waals surface area contributed by atoms with Crippen molar-refractivity contribution < 1.29 is 14.3 Å². The van der Waals surface area contributed by atoms with Gasteiger partial charge >= 0.3 is 5.97 Å². The molecule has 1 rings (SSSR count). The number of nitrogens with one attached hydrogen (secondary N) is 1. The van der Waals surface area contributed by atoms with Crippen LogP contribution in [0.25, 0.3) is 0 Å². The van der Waals surface area contributed by atoms with E-state index in [0.29, 0.717) is 12.1 Å². The average Bonchev–Trinajstić information content (AvgIpc) is 2.37. The molecule has 0 bridgehead atoms. The maximum absolute atomic E-state index is 11.7. The number of nitrogen functional groups attached to an aromatic ring is 1. The van der Waals surface area contributed by atoms with Crippen molar-refractivity contribution in [2.75, 3.05) is 12.8 Å². The largest absolute Gasteiger partial charge is 0.467 e. The second-order valence-electron chi connectivity index (χ2n) is 3.97. The molecule has 1 aromatic carbocycles. The van der Waals surface area contributed by atoms with Crippen LogP contribution >= 0.6 is 0 Å². The minimum absolute atomic E-state index is 0.211. The van der Waals surface area contributed by atoms with Crippen LogP contribution in [0.2, 0.25) is 0 Å². The quantitative estimate of drug-likeness (QED) is 0.600. The highest BCUT2D eigenvalue weighted by Gasteiger charge is 2.19. The molecule has 0 saturated carbocycles. The topological polar surface area (TPSA) is 81.4 Å². The molecule has 0 fully saturated rings. The lowest BCUT2D eigenvalue weighted by atomic mass is 10.1. The monoisotopic (exact) mass is 250 g/mol. The molecule has 5 heteroatoms. The Morgan fingerprint density at radius 1 is 1.33 bits per heavy atom. The standard InChI is InChI=1S/C13H18N2O3/c1-3-11(13(17)18-2)15-12(16)8-9-4-6-10(14)7-5-9/h4-7,11H,3,8,14H2,1-2H3,(H,15,16). The predicted molar refractivity (Wildman–Crippen MR) is 68.8 cm³/mol. The molecular weight excluding hydrogens is 232 g/mol. The van der Waals surface area contributed by atoms with E-state index in [1.54, 1.807) is 24.3 Å². The predicted octanol–water partition coefficient (Wildman–Crippen LogP) is 0.879. The molecule has 0 aliphatic rings. The van der Waals surface area contributed by atoms with Crippen molar-refractivity contribution in [2.45, 2.75) is 25.8 Å². The summed E-state index contributed by atoms with van der Waals surface area (Å²) in [5.41, 5.74) is 7.06. The number of rotatable bonds is 5. The fourth-order valence-electron chi connectivity index (χ4n) is 1.54. The summed E-state index contributed by atoms with van der Waals surface area (Å²) in [6, 6.07) is 6.46. The number of ether oxygens (including phenoxy) is 1. The van der Waals surface area contributed by atoms with Gasteiger partial charge in [-0.15, -0.1) is 0 Å². The van der Waals surface area contributed by atoms with Gasteiger partial charge in [0.05, 0.1) is 13.5 Å². The second kappa shape index (κ2) is 6.64. The Labute approximate surface area is 106 Å². The number of benzene rings is 1. The van der Waals surface area contributed by atoms with Gasteiger partial charge in [0.25, 0.3) is 0 Å². The first-order valence-corrected chi connectivity index (χ1v) is 5.78. The van der Waals surface area contributed by atoms with Crippen LogP contribution in [0.4, 0.5) is 5.69 Å². The smallest absolute Gasteiger partial charge is 0.328 e. The number of amides is 1. The van der Waals surface area contributed by atoms with Crippen LogP contribution in [0.1, 0.15) is 18.9 Å². The van der Waals surface area contributed by atoms with E-state index in [1.165, 1.54) is 7.11 Å². The number of hydrogen-bond acceptors (Lipinski definition) is 4. The number of hydrogen-bond donors (Lipinski definition) is 2. The molecule has 98 valence electrons. The number of carbonyl (C=O) groups is 2. The zero-order chi connectivity index (χ0) is 13.5. The summed E-state index contributed by atoms with van der Waals surface area (Å²) in [7, 11) is 1.30. The van der Waals surface area contributed by atoms with Crippen LogP contribution in [0, 0.1) is 0 Å². The highest BCUT2D eigenvalue weighted by molar-refractivity contribution is 5.85. The highest BCUT2D eigenvalue weighted by Crippen LogP contribution is 2.06. The molecular formula is C13H18N2O3. The minimum atomic E-state index is -0.587. The first-order valence-electron chi connectivity index (χ1n) is 5.78. The third-order valence-corrected chi connectivity index (χ3v) is 2.57. The molecule has 0 radical (unpaired) electrons. The van der Waals surface area contributed by atoms with Gasteiger partial charge in [-0.3, -0.25) is 4.79 Å². The lowest BCUT2D eigenvalue weighted by Crippen LogP contribution is -2.41. The normalized spacial score (nSPS) is 11.7. The molecule has 0 saturated heterocycles. The van der Waals surface area contributed by atoms with Gasteiger partial charge in [-0.05, 0) is 24.1 Å². The molecule has 0 aromatic heterocycles. The van der Waals surface area contributed by atoms with Crippen LogP contribution in [0.5, 0.6) is 0 Å². The van der Waals surface area contributed by atoms with Crippen molar-refractivity contribution in [1.82, 2.24) is 5.32 Å². The maximum Gasteiger partial charge on any atom is 0.328 e. The third-order valence-electron chi connectivity index (χ3n) is 2.57. The SMILES string of the molecule is CCC(NC(=O)Cc1ccc(N)cc1)C(=O)OC. The molecule has 18 heavy (non-hydrogen) atoms. The molecule has 1 amide bonds. The number of anilines is 1. The molecule has 0 heterocycles. The molecule has 5 nitrogen and oxygen atoms in total. The zero-order valence-corrected chi connectivity index (χ0v) is 10.6.